The summed E-state index contributed by atoms with van der Waals surface area (Å²) in [6, 6.07) is 16.9. The minimum atomic E-state index is -0.415. The van der Waals surface area contributed by atoms with Crippen LogP contribution in [0.25, 0.3) is 0 Å². The van der Waals surface area contributed by atoms with Crippen molar-refractivity contribution in [3.63, 3.8) is 0 Å². The maximum Gasteiger partial charge on any atom is 0.338 e. The molecule has 2 heterocycles. The molecule has 166 valence electrons. The minimum absolute atomic E-state index is 0.0251. The molecule has 6 heteroatoms. The van der Waals surface area contributed by atoms with Gasteiger partial charge in [0, 0.05) is 16.9 Å². The van der Waals surface area contributed by atoms with Crippen molar-refractivity contribution in [2.75, 3.05) is 13.2 Å². The lowest BCUT2D eigenvalue weighted by atomic mass is 9.66. The van der Waals surface area contributed by atoms with Crippen LogP contribution >= 0.6 is 15.9 Å². The second-order valence-electron chi connectivity index (χ2n) is 8.53. The van der Waals surface area contributed by atoms with E-state index >= 15 is 0 Å². The number of amides is 2. The van der Waals surface area contributed by atoms with Crippen molar-refractivity contribution in [2.45, 2.75) is 26.2 Å². The number of esters is 1. The fourth-order valence-corrected chi connectivity index (χ4v) is 5.16. The van der Waals surface area contributed by atoms with E-state index in [0.717, 1.165) is 15.6 Å². The van der Waals surface area contributed by atoms with E-state index in [2.05, 4.69) is 22.9 Å². The summed E-state index contributed by atoms with van der Waals surface area (Å²) in [4.78, 5) is 40.3. The average molecular weight is 496 g/mol. The van der Waals surface area contributed by atoms with E-state index in [1.165, 1.54) is 4.90 Å². The van der Waals surface area contributed by atoms with Gasteiger partial charge < -0.3 is 4.74 Å². The highest BCUT2D eigenvalue weighted by molar-refractivity contribution is 9.10. The number of benzene rings is 2. The number of hydrogen-bond acceptors (Lipinski definition) is 4. The number of ether oxygens (including phenoxy) is 1. The molecule has 0 spiro atoms. The molecule has 2 amide bonds. The number of carbonyl (C=O) groups is 3. The van der Waals surface area contributed by atoms with E-state index in [-0.39, 0.29) is 48.6 Å². The van der Waals surface area contributed by atoms with Crippen LogP contribution in [-0.4, -0.2) is 35.8 Å². The molecule has 0 aromatic heterocycles. The second kappa shape index (κ2) is 9.41. The van der Waals surface area contributed by atoms with Crippen LogP contribution in [0.5, 0.6) is 0 Å². The highest BCUT2D eigenvalue weighted by Crippen LogP contribution is 2.48. The molecule has 2 aromatic carbocycles. The smallest absolute Gasteiger partial charge is 0.338 e. The van der Waals surface area contributed by atoms with Crippen LogP contribution in [0.4, 0.5) is 0 Å². The van der Waals surface area contributed by atoms with Gasteiger partial charge in [-0.3, -0.25) is 14.5 Å². The molecular weight excluding hydrogens is 470 g/mol. The quantitative estimate of drug-likeness (QED) is 0.245. The topological polar surface area (TPSA) is 63.7 Å². The van der Waals surface area contributed by atoms with Crippen LogP contribution in [-0.2, 0) is 14.3 Å². The number of fused-ring (bicyclic) bond motifs is 3. The van der Waals surface area contributed by atoms with Crippen LogP contribution in [0.3, 0.4) is 0 Å². The standard InChI is InChI=1S/C26H26BrNO4/c1-16-15-21-17(2)23(18-7-4-3-5-8-18)22(16)25(30)28(24(21)29)13-6-14-32-26(31)19-9-11-20(27)12-10-19/h3-5,7-12,15,17,21-23H,6,13-14H2,1-2H3/t17-,21-,22-,23+/m1/s1. The molecule has 32 heavy (non-hydrogen) atoms. The zero-order chi connectivity index (χ0) is 22.8. The molecule has 0 saturated carbocycles. The molecule has 2 aliphatic heterocycles. The summed E-state index contributed by atoms with van der Waals surface area (Å²) in [6.07, 6.45) is 2.38. The van der Waals surface area contributed by atoms with E-state index in [9.17, 15) is 14.4 Å². The average Bonchev–Trinajstić information content (AvgIpc) is 2.92. The number of nitrogens with zero attached hydrogens (tertiary/aromatic N) is 1. The van der Waals surface area contributed by atoms with Gasteiger partial charge in [-0.1, -0.05) is 64.8 Å². The second-order valence-corrected chi connectivity index (χ2v) is 9.45. The van der Waals surface area contributed by atoms with E-state index in [1.54, 1.807) is 24.3 Å². The normalized spacial score (nSPS) is 24.8. The van der Waals surface area contributed by atoms with Crippen molar-refractivity contribution in [3.05, 3.63) is 81.8 Å². The van der Waals surface area contributed by atoms with Gasteiger partial charge in [-0.15, -0.1) is 0 Å². The third kappa shape index (κ3) is 4.29. The summed E-state index contributed by atoms with van der Waals surface area (Å²) in [7, 11) is 0. The molecule has 3 aliphatic rings. The Labute approximate surface area is 196 Å². The predicted octanol–water partition coefficient (Wildman–Crippen LogP) is 4.98. The summed E-state index contributed by atoms with van der Waals surface area (Å²) in [5, 5.41) is 0. The lowest BCUT2D eigenvalue weighted by Crippen LogP contribution is -2.41. The van der Waals surface area contributed by atoms with Gasteiger partial charge in [0.15, 0.2) is 0 Å². The Morgan fingerprint density at radius 3 is 2.41 bits per heavy atom. The number of imide groups is 1. The van der Waals surface area contributed by atoms with E-state index in [4.69, 9.17) is 4.74 Å². The van der Waals surface area contributed by atoms with Gasteiger partial charge >= 0.3 is 5.97 Å². The maximum absolute atomic E-state index is 13.5. The van der Waals surface area contributed by atoms with Gasteiger partial charge in [0.1, 0.15) is 0 Å². The van der Waals surface area contributed by atoms with Crippen molar-refractivity contribution in [3.8, 4) is 0 Å². The Kier molecular flexibility index (Phi) is 6.60. The first kappa shape index (κ1) is 22.5. The summed E-state index contributed by atoms with van der Waals surface area (Å²) in [5.41, 5.74) is 2.52. The van der Waals surface area contributed by atoms with Crippen molar-refractivity contribution < 1.29 is 19.1 Å². The van der Waals surface area contributed by atoms with Gasteiger partial charge in [-0.25, -0.2) is 4.79 Å². The van der Waals surface area contributed by atoms with Gasteiger partial charge in [0.05, 0.1) is 24.0 Å². The van der Waals surface area contributed by atoms with Gasteiger partial charge in [-0.2, -0.15) is 0 Å². The van der Waals surface area contributed by atoms with E-state index < -0.39 is 5.97 Å². The Hall–Kier alpha value is -2.73. The first-order chi connectivity index (χ1) is 15.4. The molecule has 1 aliphatic carbocycles. The van der Waals surface area contributed by atoms with Crippen molar-refractivity contribution in [1.82, 2.24) is 4.90 Å². The Morgan fingerprint density at radius 1 is 1.03 bits per heavy atom. The first-order valence-electron chi connectivity index (χ1n) is 10.9. The zero-order valence-electron chi connectivity index (χ0n) is 18.2. The van der Waals surface area contributed by atoms with Crippen LogP contribution in [0.15, 0.2) is 70.7 Å². The maximum atomic E-state index is 13.5. The van der Waals surface area contributed by atoms with Crippen LogP contribution in [0, 0.1) is 17.8 Å². The Bertz CT molecular complexity index is 1050. The Morgan fingerprint density at radius 2 is 1.72 bits per heavy atom. The van der Waals surface area contributed by atoms with Crippen LogP contribution < -0.4 is 0 Å². The van der Waals surface area contributed by atoms with Gasteiger partial charge in [0.2, 0.25) is 11.8 Å². The van der Waals surface area contributed by atoms with E-state index in [1.807, 2.05) is 43.3 Å². The minimum Gasteiger partial charge on any atom is -0.462 e. The van der Waals surface area contributed by atoms with Crippen molar-refractivity contribution in [2.24, 2.45) is 17.8 Å². The fourth-order valence-electron chi connectivity index (χ4n) is 4.90. The third-order valence-electron chi connectivity index (χ3n) is 6.53. The van der Waals surface area contributed by atoms with Crippen molar-refractivity contribution in [1.29, 1.82) is 0 Å². The zero-order valence-corrected chi connectivity index (χ0v) is 19.7. The lowest BCUT2D eigenvalue weighted by Gasteiger charge is -2.35. The molecule has 2 aromatic rings. The largest absolute Gasteiger partial charge is 0.462 e. The number of carbonyl (C=O) groups excluding carboxylic acids is 3. The number of rotatable bonds is 6. The fraction of sp³-hybridized carbons (Fsp3) is 0.346. The van der Waals surface area contributed by atoms with Crippen molar-refractivity contribution >= 4 is 33.7 Å². The molecule has 2 bridgehead atoms. The monoisotopic (exact) mass is 495 g/mol. The van der Waals surface area contributed by atoms with Crippen LogP contribution in [0.1, 0.15) is 42.1 Å². The summed E-state index contributed by atoms with van der Waals surface area (Å²) in [5.74, 6) is -1.38. The molecule has 4 atom stereocenters. The Balaban J connectivity index is 1.44. The highest BCUT2D eigenvalue weighted by atomic mass is 79.9. The summed E-state index contributed by atoms with van der Waals surface area (Å²) >= 11 is 3.34. The predicted molar refractivity (Wildman–Crippen MR) is 125 cm³/mol. The lowest BCUT2D eigenvalue weighted by molar-refractivity contribution is -0.146. The molecule has 5 rings (SSSR count). The third-order valence-corrected chi connectivity index (χ3v) is 7.06. The molecule has 1 fully saturated rings. The molecular formula is C26H26BrNO4. The van der Waals surface area contributed by atoms with Crippen LogP contribution in [0.2, 0.25) is 0 Å². The summed E-state index contributed by atoms with van der Waals surface area (Å²) < 4.78 is 6.23. The van der Waals surface area contributed by atoms with Gasteiger partial charge in [0.25, 0.3) is 0 Å². The molecule has 5 nitrogen and oxygen atoms in total. The van der Waals surface area contributed by atoms with Gasteiger partial charge in [-0.05, 0) is 49.1 Å². The molecule has 0 unspecified atom stereocenters. The highest BCUT2D eigenvalue weighted by Gasteiger charge is 2.50. The molecule has 1 saturated heterocycles. The molecule has 0 radical (unpaired) electrons. The first-order valence-corrected chi connectivity index (χ1v) is 11.7. The molecule has 0 N–H and O–H groups in total. The summed E-state index contributed by atoms with van der Waals surface area (Å²) in [6.45, 7) is 4.40. The SMILES string of the molecule is CC1=C[C@H]2C(=O)N(CCCOC(=O)c3ccc(Br)cc3)C(=O)[C@H]1[C@H](c1ccccc1)[C@@H]2C. The van der Waals surface area contributed by atoms with E-state index in [0.29, 0.717) is 12.0 Å². The number of halogens is 1. The number of hydrogen-bond donors (Lipinski definition) is 0.